The fraction of sp³-hybridized carbons (Fsp3) is 0.0556. The van der Waals surface area contributed by atoms with E-state index >= 15 is 0 Å². The number of para-hydroxylation sites is 1. The number of nitrogens with zero attached hydrogens (tertiary/aromatic N) is 3. The maximum absolute atomic E-state index is 12.5. The average Bonchev–Trinajstić information content (AvgIpc) is 3.06. The summed E-state index contributed by atoms with van der Waals surface area (Å²) in [5.41, 5.74) is 2.48. The maximum Gasteiger partial charge on any atom is 0.261 e. The third-order valence-corrected chi connectivity index (χ3v) is 3.81. The molecular formula is C18H14N4O2. The molecule has 0 saturated carbocycles. The molecule has 0 unspecified atom stereocenters. The van der Waals surface area contributed by atoms with Crippen LogP contribution in [0, 0.1) is 0 Å². The minimum absolute atomic E-state index is 0.244. The first-order valence-corrected chi connectivity index (χ1v) is 7.43. The monoisotopic (exact) mass is 318 g/mol. The van der Waals surface area contributed by atoms with E-state index < -0.39 is 0 Å². The van der Waals surface area contributed by atoms with E-state index in [9.17, 15) is 4.79 Å². The number of methoxy groups -OCH3 is 1. The highest BCUT2D eigenvalue weighted by Gasteiger charge is 2.15. The predicted molar refractivity (Wildman–Crippen MR) is 91.4 cm³/mol. The van der Waals surface area contributed by atoms with Crippen LogP contribution in [0.25, 0.3) is 16.6 Å². The lowest BCUT2D eigenvalue weighted by atomic mass is 10.2. The minimum atomic E-state index is -0.244. The Morgan fingerprint density at radius 2 is 1.96 bits per heavy atom. The van der Waals surface area contributed by atoms with Crippen LogP contribution in [0.4, 0.5) is 5.69 Å². The average molecular weight is 318 g/mol. The van der Waals surface area contributed by atoms with Crippen LogP contribution in [0.5, 0.6) is 5.75 Å². The van der Waals surface area contributed by atoms with Crippen LogP contribution >= 0.6 is 0 Å². The Morgan fingerprint density at radius 1 is 1.12 bits per heavy atom. The molecule has 2 heterocycles. The summed E-state index contributed by atoms with van der Waals surface area (Å²) in [6.07, 6.45) is 3.25. The first-order valence-electron chi connectivity index (χ1n) is 7.43. The number of rotatable bonds is 3. The third kappa shape index (κ3) is 2.34. The molecule has 4 aromatic rings. The van der Waals surface area contributed by atoms with Gasteiger partial charge in [-0.3, -0.25) is 4.79 Å². The van der Waals surface area contributed by atoms with Gasteiger partial charge in [-0.05, 0) is 24.3 Å². The number of benzene rings is 2. The highest BCUT2D eigenvalue weighted by molar-refractivity contribution is 6.08. The SMILES string of the molecule is COc1ccc2cnc3c(C(=O)Nc4ccccc4)cnn3c2c1. The molecule has 0 spiro atoms. The Bertz CT molecular complexity index is 1040. The van der Waals surface area contributed by atoms with Gasteiger partial charge in [0.25, 0.3) is 5.91 Å². The number of hydrogen-bond donors (Lipinski definition) is 1. The molecule has 6 heteroatoms. The molecule has 1 N–H and O–H groups in total. The van der Waals surface area contributed by atoms with Gasteiger partial charge in [0.05, 0.1) is 18.8 Å². The molecule has 118 valence electrons. The van der Waals surface area contributed by atoms with E-state index in [4.69, 9.17) is 4.74 Å². The van der Waals surface area contributed by atoms with Gasteiger partial charge in [0.1, 0.15) is 11.3 Å². The van der Waals surface area contributed by atoms with Crippen molar-refractivity contribution in [2.24, 2.45) is 0 Å². The largest absolute Gasteiger partial charge is 0.497 e. The Balaban J connectivity index is 1.79. The zero-order valence-corrected chi connectivity index (χ0v) is 12.9. The summed E-state index contributed by atoms with van der Waals surface area (Å²) in [5, 5.41) is 8.09. The Labute approximate surface area is 137 Å². The number of carbonyl (C=O) groups is 1. The van der Waals surface area contributed by atoms with Crippen molar-refractivity contribution in [2.75, 3.05) is 12.4 Å². The number of amides is 1. The Kier molecular flexibility index (Phi) is 3.35. The van der Waals surface area contributed by atoms with E-state index in [0.29, 0.717) is 11.2 Å². The highest BCUT2D eigenvalue weighted by atomic mass is 16.5. The van der Waals surface area contributed by atoms with Crippen LogP contribution in [0.1, 0.15) is 10.4 Å². The van der Waals surface area contributed by atoms with E-state index in [0.717, 1.165) is 22.3 Å². The number of nitrogens with one attached hydrogen (secondary N) is 1. The summed E-state index contributed by atoms with van der Waals surface area (Å²) < 4.78 is 6.91. The first kappa shape index (κ1) is 14.2. The van der Waals surface area contributed by atoms with Gasteiger partial charge < -0.3 is 10.1 Å². The smallest absolute Gasteiger partial charge is 0.261 e. The Morgan fingerprint density at radius 3 is 2.75 bits per heavy atom. The molecule has 4 rings (SSSR count). The number of anilines is 1. The van der Waals surface area contributed by atoms with Crippen molar-refractivity contribution in [3.05, 3.63) is 66.5 Å². The molecule has 0 aliphatic heterocycles. The number of carbonyl (C=O) groups excluding carboxylic acids is 1. The predicted octanol–water partition coefficient (Wildman–Crippen LogP) is 3.14. The second-order valence-corrected chi connectivity index (χ2v) is 5.30. The zero-order valence-electron chi connectivity index (χ0n) is 12.9. The zero-order chi connectivity index (χ0) is 16.5. The van der Waals surface area contributed by atoms with Crippen molar-refractivity contribution >= 4 is 28.1 Å². The third-order valence-electron chi connectivity index (χ3n) is 3.81. The van der Waals surface area contributed by atoms with Crippen LogP contribution in [0.3, 0.4) is 0 Å². The molecule has 0 radical (unpaired) electrons. The topological polar surface area (TPSA) is 68.5 Å². The summed E-state index contributed by atoms with van der Waals surface area (Å²) in [6.45, 7) is 0. The lowest BCUT2D eigenvalue weighted by Gasteiger charge is -2.05. The van der Waals surface area contributed by atoms with Crippen molar-refractivity contribution in [3.8, 4) is 5.75 Å². The van der Waals surface area contributed by atoms with Crippen molar-refractivity contribution in [2.45, 2.75) is 0 Å². The number of hydrogen-bond acceptors (Lipinski definition) is 4. The van der Waals surface area contributed by atoms with Gasteiger partial charge in [0, 0.05) is 23.3 Å². The molecule has 2 aromatic carbocycles. The normalized spacial score (nSPS) is 10.9. The molecule has 0 atom stereocenters. The van der Waals surface area contributed by atoms with Crippen LogP contribution in [0.2, 0.25) is 0 Å². The second kappa shape index (κ2) is 5.66. The van der Waals surface area contributed by atoms with E-state index in [-0.39, 0.29) is 5.91 Å². The van der Waals surface area contributed by atoms with Crippen LogP contribution in [-0.2, 0) is 0 Å². The number of fused-ring (bicyclic) bond motifs is 3. The molecule has 24 heavy (non-hydrogen) atoms. The number of aromatic nitrogens is 3. The van der Waals surface area contributed by atoms with E-state index in [1.165, 1.54) is 6.20 Å². The molecule has 0 fully saturated rings. The van der Waals surface area contributed by atoms with Crippen LogP contribution in [0.15, 0.2) is 60.9 Å². The van der Waals surface area contributed by atoms with Gasteiger partial charge in [-0.25, -0.2) is 9.50 Å². The maximum atomic E-state index is 12.5. The molecule has 0 aliphatic carbocycles. The molecule has 2 aromatic heterocycles. The van der Waals surface area contributed by atoms with E-state index in [1.54, 1.807) is 17.8 Å². The van der Waals surface area contributed by atoms with Crippen molar-refractivity contribution < 1.29 is 9.53 Å². The lowest BCUT2D eigenvalue weighted by molar-refractivity contribution is 0.102. The molecule has 6 nitrogen and oxygen atoms in total. The fourth-order valence-corrected chi connectivity index (χ4v) is 2.60. The summed E-state index contributed by atoms with van der Waals surface area (Å²) in [7, 11) is 1.61. The number of ether oxygens (including phenoxy) is 1. The summed E-state index contributed by atoms with van der Waals surface area (Å²) in [4.78, 5) is 16.9. The molecular weight excluding hydrogens is 304 g/mol. The minimum Gasteiger partial charge on any atom is -0.497 e. The molecule has 0 saturated heterocycles. The van der Waals surface area contributed by atoms with Gasteiger partial charge in [0.15, 0.2) is 5.65 Å². The van der Waals surface area contributed by atoms with Gasteiger partial charge in [-0.2, -0.15) is 5.10 Å². The van der Waals surface area contributed by atoms with Gasteiger partial charge in [-0.1, -0.05) is 18.2 Å². The first-order chi connectivity index (χ1) is 11.8. The van der Waals surface area contributed by atoms with Crippen LogP contribution in [-0.4, -0.2) is 27.6 Å². The van der Waals surface area contributed by atoms with Crippen LogP contribution < -0.4 is 10.1 Å². The van der Waals surface area contributed by atoms with E-state index in [2.05, 4.69) is 15.4 Å². The van der Waals surface area contributed by atoms with Gasteiger partial charge >= 0.3 is 0 Å². The highest BCUT2D eigenvalue weighted by Crippen LogP contribution is 2.22. The standard InChI is InChI=1S/C18H14N4O2/c1-24-14-8-7-12-10-19-17-15(11-20-22(17)16(12)9-14)18(23)21-13-5-3-2-4-6-13/h2-11H,1H3,(H,21,23). The fourth-order valence-electron chi connectivity index (χ4n) is 2.60. The summed E-state index contributed by atoms with van der Waals surface area (Å²) in [6, 6.07) is 14.9. The van der Waals surface area contributed by atoms with Crippen molar-refractivity contribution in [1.82, 2.24) is 14.6 Å². The molecule has 1 amide bonds. The quantitative estimate of drug-likeness (QED) is 0.630. The van der Waals surface area contributed by atoms with Crippen molar-refractivity contribution in [1.29, 1.82) is 0 Å². The lowest BCUT2D eigenvalue weighted by Crippen LogP contribution is -2.11. The van der Waals surface area contributed by atoms with Gasteiger partial charge in [0.2, 0.25) is 0 Å². The second-order valence-electron chi connectivity index (χ2n) is 5.30. The van der Waals surface area contributed by atoms with Gasteiger partial charge in [-0.15, -0.1) is 0 Å². The molecule has 0 bridgehead atoms. The Hall–Kier alpha value is -3.41. The van der Waals surface area contributed by atoms with Crippen molar-refractivity contribution in [3.63, 3.8) is 0 Å². The van der Waals surface area contributed by atoms with E-state index in [1.807, 2.05) is 48.5 Å². The summed E-state index contributed by atoms with van der Waals surface area (Å²) >= 11 is 0. The molecule has 0 aliphatic rings. The summed E-state index contributed by atoms with van der Waals surface area (Å²) in [5.74, 6) is 0.478.